The maximum atomic E-state index is 12.2. The van der Waals surface area contributed by atoms with Gasteiger partial charge in [0.25, 0.3) is 0 Å². The molecule has 2 heterocycles. The van der Waals surface area contributed by atoms with Crippen LogP contribution in [0.4, 0.5) is 0 Å². The van der Waals surface area contributed by atoms with Crippen molar-refractivity contribution in [3.8, 4) is 17.0 Å². The number of esters is 1. The van der Waals surface area contributed by atoms with Crippen LogP contribution < -0.4 is 4.74 Å². The van der Waals surface area contributed by atoms with Crippen LogP contribution in [0.3, 0.4) is 0 Å². The third-order valence-electron chi connectivity index (χ3n) is 3.55. The number of para-hydroxylation sites is 1. The summed E-state index contributed by atoms with van der Waals surface area (Å²) in [6, 6.07) is 15.3. The summed E-state index contributed by atoms with van der Waals surface area (Å²) in [6.45, 7) is 2.16. The molecule has 112 valence electrons. The van der Waals surface area contributed by atoms with E-state index in [1.165, 1.54) is 0 Å². The molecule has 0 spiro atoms. The number of aromatic nitrogens is 1. The number of fused-ring (bicyclic) bond motifs is 1. The van der Waals surface area contributed by atoms with Gasteiger partial charge in [0, 0.05) is 11.8 Å². The van der Waals surface area contributed by atoms with Crippen LogP contribution in [-0.4, -0.2) is 24.1 Å². The predicted molar refractivity (Wildman–Crippen MR) is 85.3 cm³/mol. The highest BCUT2D eigenvalue weighted by molar-refractivity contribution is 5.99. The largest absolute Gasteiger partial charge is 0.496 e. The fraction of sp³-hybridized carbons (Fsp3) is 0.167. The minimum Gasteiger partial charge on any atom is -0.496 e. The second-order valence-electron chi connectivity index (χ2n) is 4.82. The Labute approximate surface area is 128 Å². The van der Waals surface area contributed by atoms with Gasteiger partial charge in [0.1, 0.15) is 5.75 Å². The van der Waals surface area contributed by atoms with Gasteiger partial charge in [0.2, 0.25) is 0 Å². The lowest BCUT2D eigenvalue weighted by molar-refractivity contribution is 0.0529. The molecule has 0 saturated carbocycles. The number of benzene rings is 1. The minimum atomic E-state index is -0.313. The Morgan fingerprint density at radius 2 is 1.91 bits per heavy atom. The van der Waals surface area contributed by atoms with Crippen LogP contribution in [0.1, 0.15) is 17.3 Å². The van der Waals surface area contributed by atoms with Gasteiger partial charge >= 0.3 is 5.97 Å². The van der Waals surface area contributed by atoms with E-state index >= 15 is 0 Å². The van der Waals surface area contributed by atoms with Gasteiger partial charge < -0.3 is 13.9 Å². The number of pyridine rings is 1. The fourth-order valence-electron chi connectivity index (χ4n) is 2.59. The lowest BCUT2D eigenvalue weighted by Crippen LogP contribution is -2.03. The second-order valence-corrected chi connectivity index (χ2v) is 4.82. The molecule has 0 saturated heterocycles. The summed E-state index contributed by atoms with van der Waals surface area (Å²) >= 11 is 0. The number of nitrogens with zero attached hydrogens (tertiary/aromatic N) is 1. The quantitative estimate of drug-likeness (QED) is 0.687. The molecule has 0 atom stereocenters. The number of methoxy groups -OCH3 is 1. The Bertz CT molecular complexity index is 820. The van der Waals surface area contributed by atoms with Crippen molar-refractivity contribution in [3.05, 3.63) is 60.3 Å². The summed E-state index contributed by atoms with van der Waals surface area (Å²) in [5.41, 5.74) is 3.21. The minimum absolute atomic E-state index is 0.313. The average molecular weight is 295 g/mol. The zero-order chi connectivity index (χ0) is 15.5. The summed E-state index contributed by atoms with van der Waals surface area (Å²) in [5, 5.41) is 0. The van der Waals surface area contributed by atoms with Crippen LogP contribution in [0.15, 0.2) is 54.7 Å². The molecule has 0 unspecified atom stereocenters. The molecule has 4 nitrogen and oxygen atoms in total. The highest BCUT2D eigenvalue weighted by Crippen LogP contribution is 2.33. The lowest BCUT2D eigenvalue weighted by Gasteiger charge is -2.08. The van der Waals surface area contributed by atoms with Gasteiger partial charge in [0.05, 0.1) is 30.5 Å². The fourth-order valence-corrected chi connectivity index (χ4v) is 2.59. The van der Waals surface area contributed by atoms with E-state index in [2.05, 4.69) is 0 Å². The van der Waals surface area contributed by atoms with E-state index in [4.69, 9.17) is 9.47 Å². The molecule has 2 aromatic heterocycles. The molecule has 0 aliphatic rings. The summed E-state index contributed by atoms with van der Waals surface area (Å²) in [7, 11) is 1.64. The number of carbonyl (C=O) groups excluding carboxylic acids is 1. The van der Waals surface area contributed by atoms with E-state index in [1.54, 1.807) is 14.0 Å². The smallest absolute Gasteiger partial charge is 0.340 e. The van der Waals surface area contributed by atoms with Gasteiger partial charge in [-0.15, -0.1) is 0 Å². The Hall–Kier alpha value is -2.75. The van der Waals surface area contributed by atoms with Crippen molar-refractivity contribution < 1.29 is 14.3 Å². The number of carbonyl (C=O) groups is 1. The van der Waals surface area contributed by atoms with Crippen LogP contribution in [0, 0.1) is 0 Å². The third-order valence-corrected chi connectivity index (χ3v) is 3.55. The number of hydrogen-bond donors (Lipinski definition) is 0. The van der Waals surface area contributed by atoms with E-state index in [1.807, 2.05) is 59.1 Å². The van der Waals surface area contributed by atoms with Gasteiger partial charge in [-0.3, -0.25) is 0 Å². The first-order valence-electron chi connectivity index (χ1n) is 7.17. The average Bonchev–Trinajstić information content (AvgIpc) is 2.94. The summed E-state index contributed by atoms with van der Waals surface area (Å²) < 4.78 is 12.6. The molecule has 22 heavy (non-hydrogen) atoms. The summed E-state index contributed by atoms with van der Waals surface area (Å²) in [5.74, 6) is 0.452. The Kier molecular flexibility index (Phi) is 3.83. The molecule has 0 radical (unpaired) electrons. The maximum absolute atomic E-state index is 12.2. The third kappa shape index (κ3) is 2.33. The van der Waals surface area contributed by atoms with E-state index in [-0.39, 0.29) is 5.97 Å². The van der Waals surface area contributed by atoms with E-state index in [0.29, 0.717) is 12.2 Å². The zero-order valence-corrected chi connectivity index (χ0v) is 12.6. The molecule has 0 aliphatic heterocycles. The molecule has 0 amide bonds. The predicted octanol–water partition coefficient (Wildman–Crippen LogP) is 3.79. The first-order chi connectivity index (χ1) is 10.8. The topological polar surface area (TPSA) is 39.9 Å². The molecular formula is C18H17NO3. The second kappa shape index (κ2) is 5.93. The van der Waals surface area contributed by atoms with Gasteiger partial charge in [-0.2, -0.15) is 0 Å². The van der Waals surface area contributed by atoms with Crippen LogP contribution in [0.2, 0.25) is 0 Å². The summed E-state index contributed by atoms with van der Waals surface area (Å²) in [4.78, 5) is 12.2. The van der Waals surface area contributed by atoms with E-state index in [0.717, 1.165) is 22.5 Å². The zero-order valence-electron chi connectivity index (χ0n) is 12.6. The van der Waals surface area contributed by atoms with Crippen molar-refractivity contribution in [1.82, 2.24) is 4.40 Å². The molecule has 0 fully saturated rings. The monoisotopic (exact) mass is 295 g/mol. The van der Waals surface area contributed by atoms with Gasteiger partial charge in [0.15, 0.2) is 0 Å². The molecular weight excluding hydrogens is 278 g/mol. The van der Waals surface area contributed by atoms with Crippen LogP contribution >= 0.6 is 0 Å². The molecule has 3 rings (SSSR count). The van der Waals surface area contributed by atoms with Crippen molar-refractivity contribution >= 4 is 11.5 Å². The number of ether oxygens (including phenoxy) is 2. The van der Waals surface area contributed by atoms with E-state index < -0.39 is 0 Å². The Morgan fingerprint density at radius 3 is 2.68 bits per heavy atom. The number of rotatable bonds is 4. The molecule has 4 heteroatoms. The lowest BCUT2D eigenvalue weighted by atomic mass is 10.1. The highest BCUT2D eigenvalue weighted by Gasteiger charge is 2.18. The van der Waals surface area contributed by atoms with Crippen molar-refractivity contribution in [2.75, 3.05) is 13.7 Å². The molecule has 3 aromatic rings. The van der Waals surface area contributed by atoms with Gasteiger partial charge in [-0.05, 0) is 37.3 Å². The first kappa shape index (κ1) is 14.2. The van der Waals surface area contributed by atoms with Crippen molar-refractivity contribution in [2.45, 2.75) is 6.92 Å². The molecule has 0 aliphatic carbocycles. The molecule has 0 bridgehead atoms. The number of hydrogen-bond acceptors (Lipinski definition) is 3. The highest BCUT2D eigenvalue weighted by atomic mass is 16.5. The Balaban J connectivity index is 2.24. The van der Waals surface area contributed by atoms with Crippen LogP contribution in [0.5, 0.6) is 5.75 Å². The van der Waals surface area contributed by atoms with E-state index in [9.17, 15) is 4.79 Å². The van der Waals surface area contributed by atoms with Crippen molar-refractivity contribution in [1.29, 1.82) is 0 Å². The maximum Gasteiger partial charge on any atom is 0.340 e. The van der Waals surface area contributed by atoms with Gasteiger partial charge in [-0.25, -0.2) is 4.79 Å². The first-order valence-corrected chi connectivity index (χ1v) is 7.17. The van der Waals surface area contributed by atoms with Crippen molar-refractivity contribution in [3.63, 3.8) is 0 Å². The summed E-state index contributed by atoms with van der Waals surface area (Å²) in [6.07, 6.45) is 1.93. The van der Waals surface area contributed by atoms with Crippen LogP contribution in [-0.2, 0) is 4.74 Å². The van der Waals surface area contributed by atoms with Gasteiger partial charge in [-0.1, -0.05) is 18.2 Å². The van der Waals surface area contributed by atoms with Crippen molar-refractivity contribution in [2.24, 2.45) is 0 Å². The molecule has 1 aromatic carbocycles. The van der Waals surface area contributed by atoms with Crippen LogP contribution in [0.25, 0.3) is 16.8 Å². The Morgan fingerprint density at radius 1 is 1.14 bits per heavy atom. The molecule has 0 N–H and O–H groups in total. The standard InChI is InChI=1S/C18H17NO3/c1-3-22-18(20)14-12-16(19-11-7-6-9-15(14)19)13-8-4-5-10-17(13)21-2/h4-12H,3H2,1-2H3. The normalized spacial score (nSPS) is 10.6. The SMILES string of the molecule is CCOC(=O)c1cc(-c2ccccc2OC)n2ccccc12.